The number of pyridine rings is 1. The van der Waals surface area contributed by atoms with E-state index in [0.29, 0.717) is 10.6 Å². The first-order valence-corrected chi connectivity index (χ1v) is 5.43. The fraction of sp³-hybridized carbons (Fsp3) is 0.0769. The summed E-state index contributed by atoms with van der Waals surface area (Å²) in [5, 5.41) is 9.61. The van der Waals surface area contributed by atoms with Gasteiger partial charge < -0.3 is 5.73 Å². The Balaban J connectivity index is 2.60. The van der Waals surface area contributed by atoms with Gasteiger partial charge in [-0.25, -0.2) is 4.98 Å². The van der Waals surface area contributed by atoms with E-state index in [0.717, 1.165) is 16.8 Å². The van der Waals surface area contributed by atoms with Crippen LogP contribution in [-0.4, -0.2) is 4.98 Å². The number of nitrogens with two attached hydrogens (primary N) is 1. The highest BCUT2D eigenvalue weighted by atomic mass is 35.5. The van der Waals surface area contributed by atoms with Crippen molar-refractivity contribution in [1.82, 2.24) is 4.98 Å². The molecule has 0 unspecified atom stereocenters. The number of benzene rings is 1. The number of hydrogen-bond donors (Lipinski definition) is 1. The molecule has 0 bridgehead atoms. The van der Waals surface area contributed by atoms with Gasteiger partial charge in [0.2, 0.25) is 0 Å². The van der Waals surface area contributed by atoms with Crippen molar-refractivity contribution in [2.24, 2.45) is 0 Å². The minimum absolute atomic E-state index is 0.266. The molecular weight excluding hydrogens is 234 g/mol. The molecule has 0 aliphatic heterocycles. The van der Waals surface area contributed by atoms with Crippen molar-refractivity contribution in [2.45, 2.75) is 6.92 Å². The minimum Gasteiger partial charge on any atom is -0.383 e. The lowest BCUT2D eigenvalue weighted by Crippen LogP contribution is -1.98. The van der Waals surface area contributed by atoms with E-state index in [1.807, 2.05) is 25.1 Å². The summed E-state index contributed by atoms with van der Waals surface area (Å²) in [7, 11) is 0. The van der Waals surface area contributed by atoms with Crippen LogP contribution < -0.4 is 5.73 Å². The molecule has 1 aromatic carbocycles. The van der Waals surface area contributed by atoms with Gasteiger partial charge in [0, 0.05) is 16.3 Å². The second-order valence-corrected chi connectivity index (χ2v) is 4.11. The standard InChI is InChI=1S/C13H10ClN3/c1-8-12(6-10(7-15)13(16)17-8)9-2-4-11(14)5-3-9/h2-6H,1H3,(H2,16,17). The Morgan fingerprint density at radius 3 is 2.53 bits per heavy atom. The maximum absolute atomic E-state index is 8.93. The van der Waals surface area contributed by atoms with Crippen molar-refractivity contribution in [3.05, 3.63) is 46.6 Å². The second-order valence-electron chi connectivity index (χ2n) is 3.67. The Bertz CT molecular complexity index is 597. The van der Waals surface area contributed by atoms with Crippen LogP contribution in [0.5, 0.6) is 0 Å². The zero-order valence-electron chi connectivity index (χ0n) is 9.24. The fourth-order valence-corrected chi connectivity index (χ4v) is 1.76. The number of nitrogen functional groups attached to an aromatic ring is 1. The van der Waals surface area contributed by atoms with Crippen molar-refractivity contribution in [3.63, 3.8) is 0 Å². The van der Waals surface area contributed by atoms with Crippen LogP contribution >= 0.6 is 11.6 Å². The van der Waals surface area contributed by atoms with Gasteiger partial charge in [0.05, 0.1) is 5.56 Å². The lowest BCUT2D eigenvalue weighted by molar-refractivity contribution is 1.20. The van der Waals surface area contributed by atoms with Gasteiger partial charge in [-0.3, -0.25) is 0 Å². The Kier molecular flexibility index (Phi) is 2.99. The molecule has 2 rings (SSSR count). The van der Waals surface area contributed by atoms with Crippen LogP contribution in [0.3, 0.4) is 0 Å². The molecule has 1 aromatic heterocycles. The quantitative estimate of drug-likeness (QED) is 0.837. The smallest absolute Gasteiger partial charge is 0.141 e. The molecule has 17 heavy (non-hydrogen) atoms. The van der Waals surface area contributed by atoms with Crippen molar-refractivity contribution in [3.8, 4) is 17.2 Å². The highest BCUT2D eigenvalue weighted by Crippen LogP contribution is 2.26. The van der Waals surface area contributed by atoms with E-state index in [1.165, 1.54) is 0 Å². The first-order chi connectivity index (χ1) is 8.11. The predicted molar refractivity (Wildman–Crippen MR) is 68.5 cm³/mol. The molecule has 1 heterocycles. The summed E-state index contributed by atoms with van der Waals surface area (Å²) in [5.41, 5.74) is 8.70. The molecule has 0 aliphatic rings. The largest absolute Gasteiger partial charge is 0.383 e. The Labute approximate surface area is 104 Å². The molecule has 0 spiro atoms. The normalized spacial score (nSPS) is 9.94. The molecular formula is C13H10ClN3. The molecule has 3 nitrogen and oxygen atoms in total. The van der Waals surface area contributed by atoms with E-state index in [2.05, 4.69) is 4.98 Å². The number of hydrogen-bond acceptors (Lipinski definition) is 3. The third-order valence-electron chi connectivity index (χ3n) is 2.52. The SMILES string of the molecule is Cc1nc(N)c(C#N)cc1-c1ccc(Cl)cc1. The summed E-state index contributed by atoms with van der Waals surface area (Å²) in [4.78, 5) is 4.17. The Hall–Kier alpha value is -2.05. The third kappa shape index (κ3) is 2.22. The van der Waals surface area contributed by atoms with E-state index in [4.69, 9.17) is 22.6 Å². The van der Waals surface area contributed by atoms with Crippen molar-refractivity contribution in [2.75, 3.05) is 5.73 Å². The van der Waals surface area contributed by atoms with Crippen LogP contribution in [0, 0.1) is 18.3 Å². The number of nitrogens with zero attached hydrogens (tertiary/aromatic N) is 2. The van der Waals surface area contributed by atoms with E-state index in [-0.39, 0.29) is 5.82 Å². The maximum atomic E-state index is 8.93. The lowest BCUT2D eigenvalue weighted by atomic mass is 10.0. The lowest BCUT2D eigenvalue weighted by Gasteiger charge is -2.07. The predicted octanol–water partition coefficient (Wildman–Crippen LogP) is 3.16. The monoisotopic (exact) mass is 243 g/mol. The zero-order chi connectivity index (χ0) is 12.4. The highest BCUT2D eigenvalue weighted by Gasteiger charge is 2.08. The van der Waals surface area contributed by atoms with Crippen LogP contribution in [0.2, 0.25) is 5.02 Å². The molecule has 0 saturated heterocycles. The van der Waals surface area contributed by atoms with Crippen molar-refractivity contribution < 1.29 is 0 Å². The summed E-state index contributed by atoms with van der Waals surface area (Å²) < 4.78 is 0. The molecule has 0 saturated carbocycles. The van der Waals surface area contributed by atoms with Crippen molar-refractivity contribution >= 4 is 17.4 Å². The van der Waals surface area contributed by atoms with Gasteiger partial charge in [0.1, 0.15) is 11.9 Å². The minimum atomic E-state index is 0.266. The first kappa shape index (κ1) is 11.4. The van der Waals surface area contributed by atoms with Crippen LogP contribution in [-0.2, 0) is 0 Å². The molecule has 2 aromatic rings. The summed E-state index contributed by atoms with van der Waals surface area (Å²) in [6.45, 7) is 1.86. The molecule has 4 heteroatoms. The van der Waals surface area contributed by atoms with E-state index < -0.39 is 0 Å². The van der Waals surface area contributed by atoms with Gasteiger partial charge in [-0.15, -0.1) is 0 Å². The van der Waals surface area contributed by atoms with E-state index >= 15 is 0 Å². The summed E-state index contributed by atoms with van der Waals surface area (Å²) in [5.74, 6) is 0.266. The van der Waals surface area contributed by atoms with Crippen LogP contribution in [0.1, 0.15) is 11.3 Å². The number of anilines is 1. The molecule has 0 amide bonds. The summed E-state index contributed by atoms with van der Waals surface area (Å²) in [6, 6.07) is 11.2. The van der Waals surface area contributed by atoms with Gasteiger partial charge in [-0.1, -0.05) is 23.7 Å². The number of nitriles is 1. The molecule has 0 atom stereocenters. The molecule has 0 radical (unpaired) electrons. The Morgan fingerprint density at radius 1 is 1.29 bits per heavy atom. The highest BCUT2D eigenvalue weighted by molar-refractivity contribution is 6.30. The van der Waals surface area contributed by atoms with Gasteiger partial charge in [-0.05, 0) is 30.7 Å². The molecule has 84 valence electrons. The van der Waals surface area contributed by atoms with Crippen LogP contribution in [0.25, 0.3) is 11.1 Å². The van der Waals surface area contributed by atoms with E-state index in [9.17, 15) is 0 Å². The van der Waals surface area contributed by atoms with Gasteiger partial charge in [0.15, 0.2) is 0 Å². The number of rotatable bonds is 1. The second kappa shape index (κ2) is 4.44. The molecule has 0 aliphatic carbocycles. The maximum Gasteiger partial charge on any atom is 0.141 e. The first-order valence-electron chi connectivity index (χ1n) is 5.05. The average molecular weight is 244 g/mol. The number of halogens is 1. The van der Waals surface area contributed by atoms with Crippen LogP contribution in [0.15, 0.2) is 30.3 Å². The van der Waals surface area contributed by atoms with E-state index in [1.54, 1.807) is 18.2 Å². The molecule has 0 fully saturated rings. The van der Waals surface area contributed by atoms with Crippen LogP contribution in [0.4, 0.5) is 5.82 Å². The van der Waals surface area contributed by atoms with Gasteiger partial charge in [0.25, 0.3) is 0 Å². The zero-order valence-corrected chi connectivity index (χ0v) is 9.99. The Morgan fingerprint density at radius 2 is 1.94 bits per heavy atom. The fourth-order valence-electron chi connectivity index (χ4n) is 1.64. The number of aryl methyl sites for hydroxylation is 1. The van der Waals surface area contributed by atoms with Crippen molar-refractivity contribution in [1.29, 1.82) is 5.26 Å². The molecule has 2 N–H and O–H groups in total. The topological polar surface area (TPSA) is 62.7 Å². The summed E-state index contributed by atoms with van der Waals surface area (Å²) >= 11 is 5.83. The van der Waals surface area contributed by atoms with Gasteiger partial charge >= 0.3 is 0 Å². The average Bonchev–Trinajstić information content (AvgIpc) is 2.31. The number of aromatic nitrogens is 1. The summed E-state index contributed by atoms with van der Waals surface area (Å²) in [6.07, 6.45) is 0. The third-order valence-corrected chi connectivity index (χ3v) is 2.77. The van der Waals surface area contributed by atoms with Gasteiger partial charge in [-0.2, -0.15) is 5.26 Å².